The first-order valence-electron chi connectivity index (χ1n) is 7.41. The number of nitro benzene ring substituents is 1. The van der Waals surface area contributed by atoms with E-state index >= 15 is 0 Å². The summed E-state index contributed by atoms with van der Waals surface area (Å²) < 4.78 is 0. The highest BCUT2D eigenvalue weighted by Crippen LogP contribution is 2.29. The van der Waals surface area contributed by atoms with Crippen molar-refractivity contribution < 1.29 is 9.72 Å². The van der Waals surface area contributed by atoms with E-state index in [0.29, 0.717) is 18.7 Å². The zero-order chi connectivity index (χ0) is 15.4. The molecule has 21 heavy (non-hydrogen) atoms. The van der Waals surface area contributed by atoms with Crippen LogP contribution in [-0.2, 0) is 0 Å². The van der Waals surface area contributed by atoms with E-state index in [0.717, 1.165) is 31.6 Å². The Labute approximate surface area is 124 Å². The molecule has 0 saturated carbocycles. The highest BCUT2D eigenvalue weighted by Gasteiger charge is 2.24. The van der Waals surface area contributed by atoms with Crippen LogP contribution < -0.4 is 4.90 Å². The van der Waals surface area contributed by atoms with Crippen LogP contribution in [0.25, 0.3) is 0 Å². The van der Waals surface area contributed by atoms with Crippen LogP contribution in [-0.4, -0.2) is 41.9 Å². The fraction of sp³-hybridized carbons (Fsp3) is 0.533. The van der Waals surface area contributed by atoms with Crippen molar-refractivity contribution in [1.82, 2.24) is 4.90 Å². The zero-order valence-corrected chi connectivity index (χ0v) is 12.5. The molecule has 0 atom stereocenters. The second kappa shape index (κ2) is 6.56. The van der Waals surface area contributed by atoms with Crippen LogP contribution in [0.2, 0.25) is 0 Å². The van der Waals surface area contributed by atoms with Crippen molar-refractivity contribution in [3.63, 3.8) is 0 Å². The first-order valence-corrected chi connectivity index (χ1v) is 7.41. The summed E-state index contributed by atoms with van der Waals surface area (Å²) in [6.07, 6.45) is 2.19. The Bertz CT molecular complexity index is 535. The number of benzene rings is 1. The summed E-state index contributed by atoms with van der Waals surface area (Å²) in [6.45, 7) is 6.81. The van der Waals surface area contributed by atoms with Gasteiger partial charge in [-0.25, -0.2) is 0 Å². The molecule has 1 heterocycles. The van der Waals surface area contributed by atoms with Crippen LogP contribution in [0.15, 0.2) is 18.2 Å². The van der Waals surface area contributed by atoms with Gasteiger partial charge in [-0.3, -0.25) is 14.9 Å². The van der Waals surface area contributed by atoms with Gasteiger partial charge in [0.1, 0.15) is 0 Å². The van der Waals surface area contributed by atoms with Gasteiger partial charge in [-0.05, 0) is 32.8 Å². The first-order chi connectivity index (χ1) is 10.1. The van der Waals surface area contributed by atoms with Crippen molar-refractivity contribution in [3.05, 3.63) is 33.9 Å². The highest BCUT2D eigenvalue weighted by atomic mass is 16.6. The number of amides is 1. The van der Waals surface area contributed by atoms with Crippen LogP contribution in [0.1, 0.15) is 37.0 Å². The smallest absolute Gasteiger partial charge is 0.270 e. The molecule has 1 fully saturated rings. The molecule has 0 radical (unpaired) electrons. The number of non-ortho nitro benzene ring substituents is 1. The number of anilines is 1. The van der Waals surface area contributed by atoms with Gasteiger partial charge in [-0.1, -0.05) is 0 Å². The number of hydrogen-bond acceptors (Lipinski definition) is 4. The largest absolute Gasteiger partial charge is 0.371 e. The Morgan fingerprint density at radius 3 is 2.43 bits per heavy atom. The predicted octanol–water partition coefficient (Wildman–Crippen LogP) is 2.68. The molecule has 6 nitrogen and oxygen atoms in total. The molecule has 2 rings (SSSR count). The van der Waals surface area contributed by atoms with E-state index in [9.17, 15) is 14.9 Å². The van der Waals surface area contributed by atoms with E-state index in [1.54, 1.807) is 11.0 Å². The van der Waals surface area contributed by atoms with Crippen molar-refractivity contribution in [1.29, 1.82) is 0 Å². The summed E-state index contributed by atoms with van der Waals surface area (Å²) in [5, 5.41) is 11.0. The van der Waals surface area contributed by atoms with E-state index in [4.69, 9.17) is 0 Å². The van der Waals surface area contributed by atoms with Crippen molar-refractivity contribution in [2.75, 3.05) is 31.1 Å². The summed E-state index contributed by atoms with van der Waals surface area (Å²) in [4.78, 5) is 27.0. The molecule has 1 aliphatic rings. The average molecular weight is 291 g/mol. The molecule has 0 unspecified atom stereocenters. The molecule has 1 amide bonds. The first kappa shape index (κ1) is 15.3. The van der Waals surface area contributed by atoms with Gasteiger partial charge in [-0.2, -0.15) is 0 Å². The van der Waals surface area contributed by atoms with E-state index in [-0.39, 0.29) is 11.6 Å². The van der Waals surface area contributed by atoms with Gasteiger partial charge in [0.05, 0.1) is 16.2 Å². The molecule has 1 aromatic carbocycles. The normalized spacial score (nSPS) is 14.3. The molecule has 0 aromatic heterocycles. The Balaban J connectivity index is 2.44. The van der Waals surface area contributed by atoms with Crippen molar-refractivity contribution in [2.24, 2.45) is 0 Å². The maximum Gasteiger partial charge on any atom is 0.270 e. The van der Waals surface area contributed by atoms with E-state index in [1.165, 1.54) is 12.1 Å². The zero-order valence-electron chi connectivity index (χ0n) is 12.5. The molecular weight excluding hydrogens is 270 g/mol. The van der Waals surface area contributed by atoms with Crippen molar-refractivity contribution >= 4 is 17.3 Å². The third-order valence-electron chi connectivity index (χ3n) is 3.92. The molecule has 0 N–H and O–H groups in total. The Kier molecular flexibility index (Phi) is 4.77. The Morgan fingerprint density at radius 1 is 1.29 bits per heavy atom. The molecule has 1 aromatic rings. The van der Waals surface area contributed by atoms with E-state index in [2.05, 4.69) is 4.90 Å². The van der Waals surface area contributed by atoms with Crippen LogP contribution in [0, 0.1) is 10.1 Å². The van der Waals surface area contributed by atoms with Gasteiger partial charge in [-0.15, -0.1) is 0 Å². The lowest BCUT2D eigenvalue weighted by Crippen LogP contribution is -2.32. The molecule has 0 bridgehead atoms. The quantitative estimate of drug-likeness (QED) is 0.618. The monoisotopic (exact) mass is 291 g/mol. The summed E-state index contributed by atoms with van der Waals surface area (Å²) >= 11 is 0. The molecule has 0 aliphatic carbocycles. The Morgan fingerprint density at radius 2 is 1.90 bits per heavy atom. The van der Waals surface area contributed by atoms with Crippen LogP contribution >= 0.6 is 0 Å². The molecule has 114 valence electrons. The molecule has 6 heteroatoms. The van der Waals surface area contributed by atoms with Gasteiger partial charge < -0.3 is 9.80 Å². The standard InChI is InChI=1S/C15H21N3O3/c1-3-16(4-2)15(19)13-11-12(18(20)21)7-8-14(13)17-9-5-6-10-17/h7-8,11H,3-6,9-10H2,1-2H3. The molecule has 1 aliphatic heterocycles. The summed E-state index contributed by atoms with van der Waals surface area (Å²) in [5.74, 6) is -0.134. The van der Waals surface area contributed by atoms with Crippen LogP contribution in [0.4, 0.5) is 11.4 Å². The Hall–Kier alpha value is -2.11. The maximum atomic E-state index is 12.6. The number of hydrogen-bond donors (Lipinski definition) is 0. The minimum Gasteiger partial charge on any atom is -0.371 e. The van der Waals surface area contributed by atoms with Gasteiger partial charge in [0.15, 0.2) is 0 Å². The lowest BCUT2D eigenvalue weighted by Gasteiger charge is -2.24. The minimum absolute atomic E-state index is 0.0338. The number of nitrogens with zero attached hydrogens (tertiary/aromatic N) is 3. The lowest BCUT2D eigenvalue weighted by molar-refractivity contribution is -0.384. The number of carbonyl (C=O) groups excluding carboxylic acids is 1. The van der Waals surface area contributed by atoms with Crippen molar-refractivity contribution in [3.8, 4) is 0 Å². The van der Waals surface area contributed by atoms with E-state index in [1.807, 2.05) is 13.8 Å². The molecular formula is C15H21N3O3. The second-order valence-electron chi connectivity index (χ2n) is 5.13. The van der Waals surface area contributed by atoms with E-state index < -0.39 is 4.92 Å². The number of rotatable bonds is 5. The van der Waals surface area contributed by atoms with Gasteiger partial charge in [0, 0.05) is 38.3 Å². The fourth-order valence-electron chi connectivity index (χ4n) is 2.72. The summed E-state index contributed by atoms with van der Waals surface area (Å²) in [7, 11) is 0. The third kappa shape index (κ3) is 3.15. The number of nitro groups is 1. The fourth-order valence-corrected chi connectivity index (χ4v) is 2.72. The third-order valence-corrected chi connectivity index (χ3v) is 3.92. The molecule has 0 spiro atoms. The number of carbonyl (C=O) groups is 1. The van der Waals surface area contributed by atoms with Crippen molar-refractivity contribution in [2.45, 2.75) is 26.7 Å². The average Bonchev–Trinajstić information content (AvgIpc) is 3.01. The van der Waals surface area contributed by atoms with Gasteiger partial charge >= 0.3 is 0 Å². The lowest BCUT2D eigenvalue weighted by atomic mass is 10.1. The summed E-state index contributed by atoms with van der Waals surface area (Å²) in [6, 6.07) is 4.60. The van der Waals surface area contributed by atoms with Crippen LogP contribution in [0.3, 0.4) is 0 Å². The van der Waals surface area contributed by atoms with Gasteiger partial charge in [0.2, 0.25) is 0 Å². The predicted molar refractivity (Wildman–Crippen MR) is 81.8 cm³/mol. The topological polar surface area (TPSA) is 66.7 Å². The molecule has 1 saturated heterocycles. The van der Waals surface area contributed by atoms with Crippen LogP contribution in [0.5, 0.6) is 0 Å². The van der Waals surface area contributed by atoms with Gasteiger partial charge in [0.25, 0.3) is 11.6 Å². The minimum atomic E-state index is -0.452. The SMILES string of the molecule is CCN(CC)C(=O)c1cc([N+](=O)[O-])ccc1N1CCCC1. The highest BCUT2D eigenvalue weighted by molar-refractivity contribution is 6.00. The second-order valence-corrected chi connectivity index (χ2v) is 5.13. The summed E-state index contributed by atoms with van der Waals surface area (Å²) in [5.41, 5.74) is 1.22. The maximum absolute atomic E-state index is 12.6.